The Bertz CT molecular complexity index is 971. The molecule has 1 aromatic heterocycles. The predicted octanol–water partition coefficient (Wildman–Crippen LogP) is 4.13. The summed E-state index contributed by atoms with van der Waals surface area (Å²) in [4.78, 5) is 16.3. The van der Waals surface area contributed by atoms with Crippen LogP contribution in [0.25, 0.3) is 22.2 Å². The quantitative estimate of drug-likeness (QED) is 0.717. The van der Waals surface area contributed by atoms with Crippen molar-refractivity contribution in [3.63, 3.8) is 0 Å². The largest absolute Gasteiger partial charge is 0.486 e. The summed E-state index contributed by atoms with van der Waals surface area (Å²) in [6.07, 6.45) is 0. The van der Waals surface area contributed by atoms with Crippen molar-refractivity contribution in [2.24, 2.45) is 0 Å². The van der Waals surface area contributed by atoms with Crippen LogP contribution in [0, 0.1) is 0 Å². The molecule has 24 heavy (non-hydrogen) atoms. The summed E-state index contributed by atoms with van der Waals surface area (Å²) in [5, 5.41) is 10.2. The molecule has 0 bridgehead atoms. The minimum absolute atomic E-state index is 0.200. The van der Waals surface area contributed by atoms with E-state index in [-0.39, 0.29) is 5.56 Å². The Kier molecular flexibility index (Phi) is 3.61. The summed E-state index contributed by atoms with van der Waals surface area (Å²) >= 11 is 3.37. The second-order valence-electron chi connectivity index (χ2n) is 5.35. The lowest BCUT2D eigenvalue weighted by Gasteiger charge is -2.21. The number of para-hydroxylation sites is 1. The third-order valence-electron chi connectivity index (χ3n) is 3.84. The van der Waals surface area contributed by atoms with Crippen LogP contribution in [0.3, 0.4) is 0 Å². The Morgan fingerprint density at radius 1 is 1.12 bits per heavy atom. The van der Waals surface area contributed by atoms with E-state index in [2.05, 4.69) is 20.9 Å². The van der Waals surface area contributed by atoms with Crippen LogP contribution in [0.15, 0.2) is 46.9 Å². The van der Waals surface area contributed by atoms with E-state index in [9.17, 15) is 9.90 Å². The molecule has 1 N–H and O–H groups in total. The minimum Gasteiger partial charge on any atom is -0.486 e. The van der Waals surface area contributed by atoms with Gasteiger partial charge in [0.1, 0.15) is 13.2 Å². The Balaban J connectivity index is 1.98. The average Bonchev–Trinajstić information content (AvgIpc) is 2.60. The van der Waals surface area contributed by atoms with E-state index in [1.165, 1.54) is 0 Å². The van der Waals surface area contributed by atoms with Gasteiger partial charge in [-0.15, -0.1) is 0 Å². The third kappa shape index (κ3) is 2.49. The van der Waals surface area contributed by atoms with E-state index in [1.807, 2.05) is 24.3 Å². The van der Waals surface area contributed by atoms with E-state index < -0.39 is 5.97 Å². The van der Waals surface area contributed by atoms with Gasteiger partial charge in [0, 0.05) is 15.4 Å². The lowest BCUT2D eigenvalue weighted by molar-refractivity contribution is 0.0699. The second kappa shape index (κ2) is 5.79. The van der Waals surface area contributed by atoms with Gasteiger partial charge in [0.2, 0.25) is 0 Å². The van der Waals surface area contributed by atoms with Crippen molar-refractivity contribution in [2.45, 2.75) is 0 Å². The number of halogens is 1. The van der Waals surface area contributed by atoms with Crippen LogP contribution < -0.4 is 9.47 Å². The topological polar surface area (TPSA) is 68.7 Å². The highest BCUT2D eigenvalue weighted by Crippen LogP contribution is 2.40. The molecule has 0 atom stereocenters. The Morgan fingerprint density at radius 3 is 2.79 bits per heavy atom. The molecule has 1 aliphatic heterocycles. The summed E-state index contributed by atoms with van der Waals surface area (Å²) in [5.74, 6) is 0.251. The zero-order chi connectivity index (χ0) is 16.7. The standard InChI is InChI=1S/C18H12BrNO4/c19-10-4-5-14-12(8-10)13(18(21)22)9-15(20-14)11-2-1-3-16-17(11)24-7-6-23-16/h1-5,8-9H,6-7H2,(H,21,22). The molecular weight excluding hydrogens is 374 g/mol. The van der Waals surface area contributed by atoms with Crippen LogP contribution >= 0.6 is 15.9 Å². The number of pyridine rings is 1. The fourth-order valence-corrected chi connectivity index (χ4v) is 3.15. The molecule has 2 heterocycles. The maximum atomic E-state index is 11.7. The molecule has 0 spiro atoms. The number of benzene rings is 2. The fraction of sp³-hybridized carbons (Fsp3) is 0.111. The Morgan fingerprint density at radius 2 is 1.96 bits per heavy atom. The number of ether oxygens (including phenoxy) is 2. The highest BCUT2D eigenvalue weighted by atomic mass is 79.9. The predicted molar refractivity (Wildman–Crippen MR) is 92.8 cm³/mol. The molecule has 2 aromatic carbocycles. The normalized spacial score (nSPS) is 13.0. The number of fused-ring (bicyclic) bond motifs is 2. The van der Waals surface area contributed by atoms with Crippen molar-refractivity contribution in [3.05, 3.63) is 52.5 Å². The van der Waals surface area contributed by atoms with Crippen molar-refractivity contribution in [3.8, 4) is 22.8 Å². The first kappa shape index (κ1) is 15.0. The third-order valence-corrected chi connectivity index (χ3v) is 4.34. The molecule has 0 unspecified atom stereocenters. The summed E-state index contributed by atoms with van der Waals surface area (Å²) in [6, 6.07) is 12.5. The molecular formula is C18H12BrNO4. The van der Waals surface area contributed by atoms with Crippen LogP contribution in [-0.4, -0.2) is 29.3 Å². The summed E-state index contributed by atoms with van der Waals surface area (Å²) in [6.45, 7) is 0.951. The van der Waals surface area contributed by atoms with E-state index in [0.29, 0.717) is 41.3 Å². The average molecular weight is 386 g/mol. The zero-order valence-electron chi connectivity index (χ0n) is 12.5. The molecule has 0 saturated heterocycles. The van der Waals surface area contributed by atoms with Gasteiger partial charge in [-0.05, 0) is 36.4 Å². The summed E-state index contributed by atoms with van der Waals surface area (Å²) in [5.41, 5.74) is 2.08. The Hall–Kier alpha value is -2.60. The number of carboxylic acids is 1. The van der Waals surface area contributed by atoms with Crippen LogP contribution in [0.2, 0.25) is 0 Å². The lowest BCUT2D eigenvalue weighted by atomic mass is 10.0. The number of hydrogen-bond acceptors (Lipinski definition) is 4. The zero-order valence-corrected chi connectivity index (χ0v) is 14.0. The molecule has 4 rings (SSSR count). The van der Waals surface area contributed by atoms with Crippen molar-refractivity contribution in [1.82, 2.24) is 4.98 Å². The Labute approximate surface area is 146 Å². The van der Waals surface area contributed by atoms with Gasteiger partial charge in [0.25, 0.3) is 0 Å². The van der Waals surface area contributed by atoms with Crippen molar-refractivity contribution in [2.75, 3.05) is 13.2 Å². The molecule has 0 amide bonds. The van der Waals surface area contributed by atoms with Crippen molar-refractivity contribution < 1.29 is 19.4 Å². The molecule has 3 aromatic rings. The SMILES string of the molecule is O=C(O)c1cc(-c2cccc3c2OCCO3)nc2ccc(Br)cc12. The number of nitrogens with zero attached hydrogens (tertiary/aromatic N) is 1. The molecule has 0 fully saturated rings. The summed E-state index contributed by atoms with van der Waals surface area (Å²) < 4.78 is 12.1. The maximum absolute atomic E-state index is 11.7. The summed E-state index contributed by atoms with van der Waals surface area (Å²) in [7, 11) is 0. The number of aromatic carboxylic acids is 1. The molecule has 5 nitrogen and oxygen atoms in total. The molecule has 1 aliphatic rings. The number of aromatic nitrogens is 1. The van der Waals surface area contributed by atoms with Gasteiger partial charge in [-0.3, -0.25) is 0 Å². The monoisotopic (exact) mass is 385 g/mol. The van der Waals surface area contributed by atoms with Gasteiger partial charge in [-0.1, -0.05) is 22.0 Å². The fourth-order valence-electron chi connectivity index (χ4n) is 2.79. The number of rotatable bonds is 2. The maximum Gasteiger partial charge on any atom is 0.336 e. The molecule has 0 aliphatic carbocycles. The highest BCUT2D eigenvalue weighted by molar-refractivity contribution is 9.10. The van der Waals surface area contributed by atoms with E-state index >= 15 is 0 Å². The van der Waals surface area contributed by atoms with Gasteiger partial charge in [-0.25, -0.2) is 9.78 Å². The lowest BCUT2D eigenvalue weighted by Crippen LogP contribution is -2.16. The van der Waals surface area contributed by atoms with Crippen LogP contribution in [0.5, 0.6) is 11.5 Å². The van der Waals surface area contributed by atoms with E-state index in [0.717, 1.165) is 10.0 Å². The smallest absolute Gasteiger partial charge is 0.336 e. The first-order chi connectivity index (χ1) is 11.6. The van der Waals surface area contributed by atoms with Crippen molar-refractivity contribution >= 4 is 32.8 Å². The van der Waals surface area contributed by atoms with Crippen LogP contribution in [0.4, 0.5) is 0 Å². The molecule has 0 saturated carbocycles. The van der Waals surface area contributed by atoms with Crippen LogP contribution in [0.1, 0.15) is 10.4 Å². The second-order valence-corrected chi connectivity index (χ2v) is 6.27. The molecule has 6 heteroatoms. The van der Waals surface area contributed by atoms with Gasteiger partial charge < -0.3 is 14.6 Å². The van der Waals surface area contributed by atoms with E-state index in [4.69, 9.17) is 9.47 Å². The van der Waals surface area contributed by atoms with Crippen molar-refractivity contribution in [1.29, 1.82) is 0 Å². The number of hydrogen-bond donors (Lipinski definition) is 1. The molecule has 120 valence electrons. The number of carboxylic acid groups (broad SMARTS) is 1. The first-order valence-electron chi connectivity index (χ1n) is 7.36. The van der Waals surface area contributed by atoms with Crippen LogP contribution in [-0.2, 0) is 0 Å². The minimum atomic E-state index is -0.997. The van der Waals surface area contributed by atoms with Gasteiger partial charge in [-0.2, -0.15) is 0 Å². The highest BCUT2D eigenvalue weighted by Gasteiger charge is 2.20. The van der Waals surface area contributed by atoms with E-state index in [1.54, 1.807) is 18.2 Å². The van der Waals surface area contributed by atoms with Gasteiger partial charge in [0.05, 0.1) is 16.8 Å². The van der Waals surface area contributed by atoms with Gasteiger partial charge in [0.15, 0.2) is 11.5 Å². The first-order valence-corrected chi connectivity index (χ1v) is 8.15. The number of carbonyl (C=O) groups is 1. The molecule has 0 radical (unpaired) electrons. The van der Waals surface area contributed by atoms with Gasteiger partial charge >= 0.3 is 5.97 Å².